The van der Waals surface area contributed by atoms with Crippen LogP contribution >= 0.6 is 0 Å². The molecule has 5 heteroatoms. The summed E-state index contributed by atoms with van der Waals surface area (Å²) in [6.45, 7) is 3.88. The molecule has 0 atom stereocenters. The SMILES string of the molecule is CC(C)n1ccc([SH](=O)=O)n1. The Morgan fingerprint density at radius 2 is 2.18 bits per heavy atom. The lowest BCUT2D eigenvalue weighted by molar-refractivity contribution is 0.518. The molecule has 0 fully saturated rings. The van der Waals surface area contributed by atoms with Gasteiger partial charge < -0.3 is 0 Å². The van der Waals surface area contributed by atoms with Crippen LogP contribution in [0.5, 0.6) is 0 Å². The van der Waals surface area contributed by atoms with Gasteiger partial charge in [0.05, 0.1) is 0 Å². The smallest absolute Gasteiger partial charge is 0.187 e. The van der Waals surface area contributed by atoms with Crippen molar-refractivity contribution >= 4 is 10.7 Å². The van der Waals surface area contributed by atoms with Gasteiger partial charge in [-0.1, -0.05) is 0 Å². The van der Waals surface area contributed by atoms with E-state index in [9.17, 15) is 8.42 Å². The number of hydrogen-bond donors (Lipinski definition) is 1. The lowest BCUT2D eigenvalue weighted by atomic mass is 10.4. The lowest BCUT2D eigenvalue weighted by Crippen LogP contribution is -2.01. The molecule has 0 aliphatic carbocycles. The van der Waals surface area contributed by atoms with Crippen LogP contribution in [-0.4, -0.2) is 18.2 Å². The molecule has 0 saturated heterocycles. The summed E-state index contributed by atoms with van der Waals surface area (Å²) in [5, 5.41) is 3.96. The molecule has 0 aromatic carbocycles. The highest BCUT2D eigenvalue weighted by Crippen LogP contribution is 2.04. The Morgan fingerprint density at radius 3 is 2.45 bits per heavy atom. The molecule has 0 bridgehead atoms. The van der Waals surface area contributed by atoms with E-state index >= 15 is 0 Å². The predicted molar refractivity (Wildman–Crippen MR) is 41.2 cm³/mol. The molecule has 1 rings (SSSR count). The van der Waals surface area contributed by atoms with Crippen LogP contribution in [0.2, 0.25) is 0 Å². The lowest BCUT2D eigenvalue weighted by Gasteiger charge is -2.02. The molecule has 0 unspecified atom stereocenters. The van der Waals surface area contributed by atoms with Crippen molar-refractivity contribution in [1.29, 1.82) is 0 Å². The van der Waals surface area contributed by atoms with E-state index in [-0.39, 0.29) is 11.1 Å². The molecule has 0 aliphatic heterocycles. The van der Waals surface area contributed by atoms with Crippen molar-refractivity contribution in [3.8, 4) is 0 Å². The Kier molecular flexibility index (Phi) is 2.28. The van der Waals surface area contributed by atoms with E-state index in [2.05, 4.69) is 5.10 Å². The van der Waals surface area contributed by atoms with Gasteiger partial charge in [-0.25, -0.2) is 8.42 Å². The van der Waals surface area contributed by atoms with Gasteiger partial charge in [0.15, 0.2) is 15.7 Å². The molecule has 0 N–H and O–H groups in total. The molecule has 1 aromatic rings. The van der Waals surface area contributed by atoms with Crippen LogP contribution in [0.15, 0.2) is 17.3 Å². The number of rotatable bonds is 2. The summed E-state index contributed by atoms with van der Waals surface area (Å²) in [6, 6.07) is 1.70. The minimum absolute atomic E-state index is 0.133. The van der Waals surface area contributed by atoms with Gasteiger partial charge in [-0.15, -0.1) is 0 Å². The molecule has 62 valence electrons. The van der Waals surface area contributed by atoms with Crippen LogP contribution in [0.25, 0.3) is 0 Å². The van der Waals surface area contributed by atoms with E-state index in [4.69, 9.17) is 0 Å². The van der Waals surface area contributed by atoms with Crippen LogP contribution in [0.1, 0.15) is 19.9 Å². The minimum Gasteiger partial charge on any atom is -0.269 e. The average Bonchev–Trinajstić information content (AvgIpc) is 2.33. The highest BCUT2D eigenvalue weighted by atomic mass is 32.2. The second-order valence-corrected chi connectivity index (χ2v) is 3.48. The van der Waals surface area contributed by atoms with Crippen molar-refractivity contribution < 1.29 is 8.42 Å². The summed E-state index contributed by atoms with van der Waals surface area (Å²) in [6.07, 6.45) is 1.66. The third-order valence-corrected chi connectivity index (χ3v) is 1.92. The highest BCUT2D eigenvalue weighted by molar-refractivity contribution is 7.72. The number of nitrogens with zero attached hydrogens (tertiary/aromatic N) is 2. The molecule has 0 aliphatic rings. The monoisotopic (exact) mass is 174 g/mol. The number of aromatic nitrogens is 2. The Bertz CT molecular complexity index is 306. The first kappa shape index (κ1) is 8.26. The first-order chi connectivity index (χ1) is 5.11. The minimum atomic E-state index is -2.53. The molecule has 0 amide bonds. The van der Waals surface area contributed by atoms with Gasteiger partial charge in [-0.2, -0.15) is 5.10 Å². The van der Waals surface area contributed by atoms with Crippen molar-refractivity contribution in [2.24, 2.45) is 0 Å². The maximum absolute atomic E-state index is 10.4. The Hall–Kier alpha value is -0.840. The molecular formula is C6H10N2O2S. The van der Waals surface area contributed by atoms with Crippen molar-refractivity contribution in [1.82, 2.24) is 9.78 Å². The summed E-state index contributed by atoms with van der Waals surface area (Å²) in [4.78, 5) is 0. The zero-order valence-electron chi connectivity index (χ0n) is 6.39. The first-order valence-electron chi connectivity index (χ1n) is 3.31. The Morgan fingerprint density at radius 1 is 1.55 bits per heavy atom. The third-order valence-electron chi connectivity index (χ3n) is 1.31. The zero-order valence-corrected chi connectivity index (χ0v) is 7.28. The quantitative estimate of drug-likeness (QED) is 0.662. The van der Waals surface area contributed by atoms with E-state index in [0.29, 0.717) is 0 Å². The Balaban J connectivity index is 2.99. The summed E-state index contributed by atoms with van der Waals surface area (Å²) >= 11 is 0. The van der Waals surface area contributed by atoms with E-state index in [1.807, 2.05) is 13.8 Å². The molecule has 11 heavy (non-hydrogen) atoms. The van der Waals surface area contributed by atoms with Gasteiger partial charge in [0.2, 0.25) is 0 Å². The predicted octanol–water partition coefficient (Wildman–Crippen LogP) is 0.434. The normalized spacial score (nSPS) is 11.3. The van der Waals surface area contributed by atoms with Crippen molar-refractivity contribution in [3.05, 3.63) is 12.3 Å². The van der Waals surface area contributed by atoms with Gasteiger partial charge in [0.25, 0.3) is 0 Å². The van der Waals surface area contributed by atoms with Gasteiger partial charge in [-0.05, 0) is 19.9 Å². The van der Waals surface area contributed by atoms with Gasteiger partial charge in [0.1, 0.15) is 0 Å². The fourth-order valence-corrected chi connectivity index (χ4v) is 1.08. The first-order valence-corrected chi connectivity index (χ1v) is 4.48. The molecular weight excluding hydrogens is 164 g/mol. The second kappa shape index (κ2) is 3.04. The van der Waals surface area contributed by atoms with E-state index in [0.717, 1.165) is 0 Å². The molecule has 0 radical (unpaired) electrons. The maximum atomic E-state index is 10.4. The average molecular weight is 174 g/mol. The highest BCUT2D eigenvalue weighted by Gasteiger charge is 2.01. The van der Waals surface area contributed by atoms with E-state index in [1.54, 1.807) is 10.9 Å². The fourth-order valence-electron chi connectivity index (χ4n) is 0.713. The summed E-state index contributed by atoms with van der Waals surface area (Å²) in [7, 11) is -2.53. The van der Waals surface area contributed by atoms with Crippen LogP contribution in [-0.2, 0) is 10.7 Å². The van der Waals surface area contributed by atoms with Gasteiger partial charge >= 0.3 is 0 Å². The molecule has 4 nitrogen and oxygen atoms in total. The summed E-state index contributed by atoms with van der Waals surface area (Å²) in [5.74, 6) is 0. The molecule has 0 saturated carbocycles. The van der Waals surface area contributed by atoms with Crippen LogP contribution in [0, 0.1) is 0 Å². The van der Waals surface area contributed by atoms with E-state index < -0.39 is 10.7 Å². The summed E-state index contributed by atoms with van der Waals surface area (Å²) in [5.41, 5.74) is 0. The zero-order chi connectivity index (χ0) is 8.43. The van der Waals surface area contributed by atoms with Crippen molar-refractivity contribution in [3.63, 3.8) is 0 Å². The van der Waals surface area contributed by atoms with Crippen molar-refractivity contribution in [2.45, 2.75) is 24.9 Å². The van der Waals surface area contributed by atoms with E-state index in [1.165, 1.54) is 6.07 Å². The van der Waals surface area contributed by atoms with Gasteiger partial charge in [-0.3, -0.25) is 4.68 Å². The van der Waals surface area contributed by atoms with Crippen LogP contribution in [0.4, 0.5) is 0 Å². The third kappa shape index (κ3) is 1.80. The van der Waals surface area contributed by atoms with Crippen LogP contribution < -0.4 is 0 Å². The Labute approximate surface area is 66.8 Å². The standard InChI is InChI=1S/C6H10N2O2S/c1-5(2)8-4-3-6(7-8)11(9)10/h3-5,11H,1-2H3. The molecule has 0 spiro atoms. The molecule has 1 aromatic heterocycles. The fraction of sp³-hybridized carbons (Fsp3) is 0.500. The second-order valence-electron chi connectivity index (χ2n) is 2.50. The number of hydrogen-bond acceptors (Lipinski definition) is 3. The maximum Gasteiger partial charge on any atom is 0.187 e. The largest absolute Gasteiger partial charge is 0.269 e. The molecule has 1 heterocycles. The van der Waals surface area contributed by atoms with Gasteiger partial charge in [0, 0.05) is 12.2 Å². The number of thiol groups is 1. The topological polar surface area (TPSA) is 52.0 Å². The van der Waals surface area contributed by atoms with Crippen LogP contribution in [0.3, 0.4) is 0 Å². The van der Waals surface area contributed by atoms with Crippen molar-refractivity contribution in [2.75, 3.05) is 0 Å². The summed E-state index contributed by atoms with van der Waals surface area (Å²) < 4.78 is 22.4.